The molecule has 0 aliphatic carbocycles. The fourth-order valence-corrected chi connectivity index (χ4v) is 3.84. The molecule has 1 aliphatic rings. The van der Waals surface area contributed by atoms with Gasteiger partial charge in [0.25, 0.3) is 0 Å². The van der Waals surface area contributed by atoms with Crippen LogP contribution in [0, 0.1) is 0 Å². The van der Waals surface area contributed by atoms with E-state index in [1.807, 2.05) is 24.3 Å². The Morgan fingerprint density at radius 1 is 1.29 bits per heavy atom. The summed E-state index contributed by atoms with van der Waals surface area (Å²) in [4.78, 5) is 13.8. The van der Waals surface area contributed by atoms with E-state index in [1.54, 1.807) is 18.2 Å². The van der Waals surface area contributed by atoms with Gasteiger partial charge in [-0.25, -0.2) is 4.79 Å². The summed E-state index contributed by atoms with van der Waals surface area (Å²) in [6.07, 6.45) is 2.69. The van der Waals surface area contributed by atoms with Crippen molar-refractivity contribution in [1.29, 1.82) is 0 Å². The number of benzene rings is 1. The minimum atomic E-state index is -0.967. The van der Waals surface area contributed by atoms with Gasteiger partial charge in [-0.15, -0.1) is 0 Å². The van der Waals surface area contributed by atoms with Gasteiger partial charge in [0.05, 0.1) is 23.8 Å². The monoisotopic (exact) mass is 381 g/mol. The van der Waals surface area contributed by atoms with Crippen LogP contribution in [0.5, 0.6) is 0 Å². The average Bonchev–Trinajstić information content (AvgIpc) is 3.43. The van der Waals surface area contributed by atoms with E-state index in [0.29, 0.717) is 24.3 Å². The number of nitrogens with one attached hydrogen (secondary N) is 1. The molecule has 1 atom stereocenters. The first kappa shape index (κ1) is 18.5. The van der Waals surface area contributed by atoms with Crippen LogP contribution in [0.4, 0.5) is 0 Å². The van der Waals surface area contributed by atoms with Crippen molar-refractivity contribution in [2.75, 3.05) is 13.2 Å². The normalized spacial score (nSPS) is 17.2. The largest absolute Gasteiger partial charge is 0.478 e. The Kier molecular flexibility index (Phi) is 5.27. The number of aliphatic hydroxyl groups excluding tert-OH is 1. The maximum absolute atomic E-state index is 11.5. The zero-order chi connectivity index (χ0) is 19.5. The van der Waals surface area contributed by atoms with Gasteiger partial charge < -0.3 is 14.6 Å². The molecule has 146 valence electrons. The Bertz CT molecular complexity index is 962. The fraction of sp³-hybridized carbons (Fsp3) is 0.333. The van der Waals surface area contributed by atoms with Gasteiger partial charge in [0, 0.05) is 24.3 Å². The van der Waals surface area contributed by atoms with Crippen molar-refractivity contribution in [3.8, 4) is 11.3 Å². The summed E-state index contributed by atoms with van der Waals surface area (Å²) in [5.41, 5.74) is 2.74. The number of aliphatic hydroxyl groups is 1. The summed E-state index contributed by atoms with van der Waals surface area (Å²) in [6.45, 7) is 1.69. The standard InChI is InChI=1S/C21H23N3O4/c25-11-9-14-12-18(23-22-14)19-6-3-10-24(19)13-15-7-8-20(28-15)16-4-1-2-5-17(16)21(26)27/h1-2,4-5,7-8,12,19,25H,3,6,9-11,13H2,(H,22,23)(H,26,27). The van der Waals surface area contributed by atoms with E-state index in [4.69, 9.17) is 9.52 Å². The molecule has 3 heterocycles. The molecule has 0 saturated carbocycles. The van der Waals surface area contributed by atoms with Crippen molar-refractivity contribution >= 4 is 5.97 Å². The molecule has 0 amide bonds. The number of H-pyrrole nitrogens is 1. The van der Waals surface area contributed by atoms with Gasteiger partial charge in [0.15, 0.2) is 0 Å². The molecule has 3 N–H and O–H groups in total. The zero-order valence-electron chi connectivity index (χ0n) is 15.5. The Labute approximate surface area is 162 Å². The predicted octanol–water partition coefficient (Wildman–Crippen LogP) is 3.24. The quantitative estimate of drug-likeness (QED) is 0.581. The Balaban J connectivity index is 1.51. The van der Waals surface area contributed by atoms with Crippen molar-refractivity contribution in [3.63, 3.8) is 0 Å². The molecule has 3 aromatic rings. The molecule has 1 unspecified atom stereocenters. The average molecular weight is 381 g/mol. The van der Waals surface area contributed by atoms with Crippen LogP contribution in [0.15, 0.2) is 46.9 Å². The van der Waals surface area contributed by atoms with Crippen LogP contribution >= 0.6 is 0 Å². The minimum absolute atomic E-state index is 0.100. The van der Waals surface area contributed by atoms with Gasteiger partial charge in [0.1, 0.15) is 11.5 Å². The van der Waals surface area contributed by atoms with Crippen LogP contribution in [0.3, 0.4) is 0 Å². The number of furan rings is 1. The van der Waals surface area contributed by atoms with Crippen LogP contribution in [-0.4, -0.2) is 44.4 Å². The molecule has 0 radical (unpaired) electrons. The molecule has 1 saturated heterocycles. The van der Waals surface area contributed by atoms with Gasteiger partial charge in [-0.05, 0) is 43.7 Å². The molecule has 7 heteroatoms. The molecular formula is C21H23N3O4. The Morgan fingerprint density at radius 2 is 2.14 bits per heavy atom. The first-order chi connectivity index (χ1) is 13.7. The fourth-order valence-electron chi connectivity index (χ4n) is 3.84. The zero-order valence-corrected chi connectivity index (χ0v) is 15.5. The lowest BCUT2D eigenvalue weighted by atomic mass is 10.1. The third-order valence-electron chi connectivity index (χ3n) is 5.18. The van der Waals surface area contributed by atoms with Gasteiger partial charge in [-0.2, -0.15) is 5.10 Å². The van der Waals surface area contributed by atoms with Crippen LogP contribution in [0.2, 0.25) is 0 Å². The summed E-state index contributed by atoms with van der Waals surface area (Å²) in [7, 11) is 0. The number of carbonyl (C=O) groups is 1. The molecule has 1 aliphatic heterocycles. The second kappa shape index (κ2) is 8.00. The van der Waals surface area contributed by atoms with E-state index in [1.165, 1.54) is 0 Å². The van der Waals surface area contributed by atoms with Crippen molar-refractivity contribution in [2.24, 2.45) is 0 Å². The van der Waals surface area contributed by atoms with Gasteiger partial charge in [-0.1, -0.05) is 18.2 Å². The SMILES string of the molecule is O=C(O)c1ccccc1-c1ccc(CN2CCCC2c2cc(CCO)[nH]n2)o1. The lowest BCUT2D eigenvalue weighted by Gasteiger charge is -2.21. The second-order valence-electron chi connectivity index (χ2n) is 7.04. The highest BCUT2D eigenvalue weighted by Gasteiger charge is 2.29. The van der Waals surface area contributed by atoms with E-state index < -0.39 is 5.97 Å². The smallest absolute Gasteiger partial charge is 0.336 e. The molecule has 0 spiro atoms. The number of rotatable bonds is 7. The van der Waals surface area contributed by atoms with Gasteiger partial charge in [-0.3, -0.25) is 10.00 Å². The third kappa shape index (κ3) is 3.72. The number of carboxylic acids is 1. The third-order valence-corrected chi connectivity index (χ3v) is 5.18. The Morgan fingerprint density at radius 3 is 2.96 bits per heavy atom. The highest BCUT2D eigenvalue weighted by atomic mass is 16.4. The molecule has 2 aromatic heterocycles. The summed E-state index contributed by atoms with van der Waals surface area (Å²) in [5.74, 6) is 0.396. The maximum Gasteiger partial charge on any atom is 0.336 e. The summed E-state index contributed by atoms with van der Waals surface area (Å²) < 4.78 is 5.98. The number of aromatic amines is 1. The topological polar surface area (TPSA) is 103 Å². The van der Waals surface area contributed by atoms with Gasteiger partial charge >= 0.3 is 5.97 Å². The van der Waals surface area contributed by atoms with Gasteiger partial charge in [0.2, 0.25) is 0 Å². The number of carboxylic acid groups (broad SMARTS) is 1. The number of hydrogen-bond donors (Lipinski definition) is 3. The highest BCUT2D eigenvalue weighted by molar-refractivity contribution is 5.95. The predicted molar refractivity (Wildman–Crippen MR) is 103 cm³/mol. The first-order valence-corrected chi connectivity index (χ1v) is 9.46. The summed E-state index contributed by atoms with van der Waals surface area (Å²) >= 11 is 0. The van der Waals surface area contributed by atoms with Crippen LogP contribution in [-0.2, 0) is 13.0 Å². The first-order valence-electron chi connectivity index (χ1n) is 9.46. The number of aromatic carboxylic acids is 1. The minimum Gasteiger partial charge on any atom is -0.478 e. The lowest BCUT2D eigenvalue weighted by molar-refractivity contribution is 0.0697. The van der Waals surface area contributed by atoms with Crippen LogP contribution in [0.1, 0.15) is 46.4 Å². The lowest BCUT2D eigenvalue weighted by Crippen LogP contribution is -2.22. The molecular weight excluding hydrogens is 358 g/mol. The summed E-state index contributed by atoms with van der Waals surface area (Å²) in [6, 6.07) is 12.8. The number of aromatic nitrogens is 2. The molecule has 4 rings (SSSR count). The van der Waals surface area contributed by atoms with Crippen molar-refractivity contribution in [1.82, 2.24) is 15.1 Å². The second-order valence-corrected chi connectivity index (χ2v) is 7.04. The van der Waals surface area contributed by atoms with Crippen LogP contribution in [0.25, 0.3) is 11.3 Å². The van der Waals surface area contributed by atoms with Crippen molar-refractivity contribution in [2.45, 2.75) is 31.8 Å². The molecule has 28 heavy (non-hydrogen) atoms. The van der Waals surface area contributed by atoms with E-state index in [-0.39, 0.29) is 18.2 Å². The summed E-state index contributed by atoms with van der Waals surface area (Å²) in [5, 5.41) is 25.9. The molecule has 1 aromatic carbocycles. The van der Waals surface area contributed by atoms with Crippen LogP contribution < -0.4 is 0 Å². The van der Waals surface area contributed by atoms with Crippen molar-refractivity contribution in [3.05, 3.63) is 65.2 Å². The van der Waals surface area contributed by atoms with E-state index >= 15 is 0 Å². The molecule has 1 fully saturated rings. The van der Waals surface area contributed by atoms with E-state index in [2.05, 4.69) is 15.1 Å². The van der Waals surface area contributed by atoms with Crippen molar-refractivity contribution < 1.29 is 19.4 Å². The number of likely N-dealkylation sites (tertiary alicyclic amines) is 1. The van der Waals surface area contributed by atoms with E-state index in [0.717, 1.165) is 36.5 Å². The number of hydrogen-bond acceptors (Lipinski definition) is 5. The number of nitrogens with zero attached hydrogens (tertiary/aromatic N) is 2. The maximum atomic E-state index is 11.5. The highest BCUT2D eigenvalue weighted by Crippen LogP contribution is 2.34. The van der Waals surface area contributed by atoms with E-state index in [9.17, 15) is 9.90 Å². The molecule has 0 bridgehead atoms. The Hall–Kier alpha value is -2.90. The molecule has 7 nitrogen and oxygen atoms in total.